The molecule has 0 unspecified atom stereocenters. The van der Waals surface area contributed by atoms with Crippen LogP contribution in [0.1, 0.15) is 20.4 Å². The van der Waals surface area contributed by atoms with Gasteiger partial charge in [0.05, 0.1) is 5.69 Å². The van der Waals surface area contributed by atoms with Gasteiger partial charge in [0, 0.05) is 12.2 Å². The van der Waals surface area contributed by atoms with E-state index in [-0.39, 0.29) is 5.91 Å². The highest BCUT2D eigenvalue weighted by molar-refractivity contribution is 7.13. The number of nitrogens with zero attached hydrogens (tertiary/aromatic N) is 2. The van der Waals surface area contributed by atoms with Crippen LogP contribution < -0.4 is 10.1 Å². The first-order valence-corrected chi connectivity index (χ1v) is 9.08. The van der Waals surface area contributed by atoms with Crippen molar-refractivity contribution >= 4 is 22.9 Å². The third kappa shape index (κ3) is 4.68. The molecule has 1 aromatic heterocycles. The molecule has 0 aliphatic heterocycles. The van der Waals surface area contributed by atoms with Crippen molar-refractivity contribution in [2.75, 3.05) is 19.4 Å². The molecule has 0 bridgehead atoms. The van der Waals surface area contributed by atoms with Crippen molar-refractivity contribution in [1.29, 1.82) is 0 Å². The van der Waals surface area contributed by atoms with Crippen molar-refractivity contribution < 1.29 is 9.53 Å². The molecule has 0 aliphatic carbocycles. The lowest BCUT2D eigenvalue weighted by Crippen LogP contribution is -2.11. The largest absolute Gasteiger partial charge is 0.457 e. The molecular weight excluding hydrogens is 346 g/mol. The zero-order chi connectivity index (χ0) is 18.5. The van der Waals surface area contributed by atoms with E-state index in [0.717, 1.165) is 34.4 Å². The third-order valence-corrected chi connectivity index (χ3v) is 4.73. The fraction of sp³-hybridized carbons (Fsp3) is 0.200. The van der Waals surface area contributed by atoms with Crippen LogP contribution in [0.15, 0.2) is 54.6 Å². The van der Waals surface area contributed by atoms with Gasteiger partial charge in [0.1, 0.15) is 21.4 Å². The highest BCUT2D eigenvalue weighted by Crippen LogP contribution is 2.24. The highest BCUT2D eigenvalue weighted by atomic mass is 32.1. The summed E-state index contributed by atoms with van der Waals surface area (Å²) in [6.07, 6.45) is 0. The molecule has 5 nitrogen and oxygen atoms in total. The summed E-state index contributed by atoms with van der Waals surface area (Å²) >= 11 is 1.43. The fourth-order valence-corrected chi connectivity index (χ4v) is 3.50. The Labute approximate surface area is 157 Å². The number of carbonyl (C=O) groups is 1. The molecule has 6 heteroatoms. The third-order valence-electron chi connectivity index (χ3n) is 3.59. The van der Waals surface area contributed by atoms with E-state index in [2.05, 4.69) is 10.3 Å². The molecule has 0 saturated carbocycles. The zero-order valence-corrected chi connectivity index (χ0v) is 15.8. The van der Waals surface area contributed by atoms with E-state index >= 15 is 0 Å². The number of carbonyl (C=O) groups excluding carboxylic acids is 1. The van der Waals surface area contributed by atoms with Gasteiger partial charge in [0.2, 0.25) is 0 Å². The number of aryl methyl sites for hydroxylation is 1. The Morgan fingerprint density at radius 3 is 2.38 bits per heavy atom. The average Bonchev–Trinajstić information content (AvgIpc) is 2.97. The number of anilines is 1. The van der Waals surface area contributed by atoms with Crippen LogP contribution in [0.5, 0.6) is 11.5 Å². The minimum atomic E-state index is -0.137. The second kappa shape index (κ2) is 8.12. The van der Waals surface area contributed by atoms with E-state index in [0.29, 0.717) is 4.88 Å². The number of hydrogen-bond acceptors (Lipinski definition) is 5. The first-order valence-electron chi connectivity index (χ1n) is 8.26. The summed E-state index contributed by atoms with van der Waals surface area (Å²) in [5.74, 6) is 1.36. The average molecular weight is 367 g/mol. The smallest absolute Gasteiger partial charge is 0.267 e. The van der Waals surface area contributed by atoms with E-state index < -0.39 is 0 Å². The van der Waals surface area contributed by atoms with Crippen molar-refractivity contribution in [3.63, 3.8) is 0 Å². The Balaban J connectivity index is 1.65. The van der Waals surface area contributed by atoms with Gasteiger partial charge in [-0.25, -0.2) is 4.98 Å². The summed E-state index contributed by atoms with van der Waals surface area (Å²) in [5, 5.41) is 3.85. The Hall–Kier alpha value is -2.70. The second-order valence-electron chi connectivity index (χ2n) is 6.15. The van der Waals surface area contributed by atoms with Crippen molar-refractivity contribution in [2.24, 2.45) is 0 Å². The summed E-state index contributed by atoms with van der Waals surface area (Å²) in [6.45, 7) is 2.59. The van der Waals surface area contributed by atoms with Crippen LogP contribution in [0, 0.1) is 6.92 Å². The summed E-state index contributed by atoms with van der Waals surface area (Å²) in [6, 6.07) is 16.9. The SMILES string of the molecule is Cc1nc(CN(C)C)sc1C(=O)Nc1ccc(Oc2ccccc2)cc1. The Bertz CT molecular complexity index is 874. The lowest BCUT2D eigenvalue weighted by Gasteiger charge is -2.08. The molecule has 1 N–H and O–H groups in total. The van der Waals surface area contributed by atoms with Gasteiger partial charge in [-0.3, -0.25) is 4.79 Å². The van der Waals surface area contributed by atoms with Gasteiger partial charge in [0.15, 0.2) is 0 Å². The predicted molar refractivity (Wildman–Crippen MR) is 105 cm³/mol. The maximum Gasteiger partial charge on any atom is 0.267 e. The Morgan fingerprint density at radius 2 is 1.73 bits per heavy atom. The van der Waals surface area contributed by atoms with Gasteiger partial charge in [-0.1, -0.05) is 18.2 Å². The number of rotatable bonds is 6. The highest BCUT2D eigenvalue weighted by Gasteiger charge is 2.16. The molecule has 0 spiro atoms. The number of nitrogens with one attached hydrogen (secondary N) is 1. The quantitative estimate of drug-likeness (QED) is 0.694. The minimum Gasteiger partial charge on any atom is -0.457 e. The van der Waals surface area contributed by atoms with E-state index in [1.165, 1.54) is 11.3 Å². The lowest BCUT2D eigenvalue weighted by atomic mass is 10.3. The first-order chi connectivity index (χ1) is 12.5. The molecule has 2 aromatic carbocycles. The molecule has 0 aliphatic rings. The molecule has 3 aromatic rings. The number of para-hydroxylation sites is 1. The fourth-order valence-electron chi connectivity index (χ4n) is 2.42. The van der Waals surface area contributed by atoms with Crippen LogP contribution in [-0.4, -0.2) is 29.9 Å². The molecule has 26 heavy (non-hydrogen) atoms. The topological polar surface area (TPSA) is 54.5 Å². The number of ether oxygens (including phenoxy) is 1. The number of thiazole rings is 1. The molecule has 3 rings (SSSR count). The molecule has 0 radical (unpaired) electrons. The number of amides is 1. The van der Waals surface area contributed by atoms with Crippen molar-refractivity contribution in [3.8, 4) is 11.5 Å². The van der Waals surface area contributed by atoms with Gasteiger partial charge >= 0.3 is 0 Å². The normalized spacial score (nSPS) is 10.8. The number of hydrogen-bond donors (Lipinski definition) is 1. The van der Waals surface area contributed by atoms with E-state index in [9.17, 15) is 4.79 Å². The van der Waals surface area contributed by atoms with Gasteiger partial charge in [0.25, 0.3) is 5.91 Å². The molecular formula is C20H21N3O2S. The predicted octanol–water partition coefficient (Wildman–Crippen LogP) is 4.56. The van der Waals surface area contributed by atoms with Crippen molar-refractivity contribution in [3.05, 3.63) is 70.2 Å². The van der Waals surface area contributed by atoms with Gasteiger partial charge in [-0.2, -0.15) is 0 Å². The van der Waals surface area contributed by atoms with E-state index in [1.807, 2.05) is 80.5 Å². The van der Waals surface area contributed by atoms with Crippen LogP contribution >= 0.6 is 11.3 Å². The van der Waals surface area contributed by atoms with Crippen LogP contribution in [0.3, 0.4) is 0 Å². The zero-order valence-electron chi connectivity index (χ0n) is 15.0. The molecule has 0 atom stereocenters. The maximum atomic E-state index is 12.5. The summed E-state index contributed by atoms with van der Waals surface area (Å²) in [7, 11) is 3.96. The van der Waals surface area contributed by atoms with Crippen LogP contribution in [0.25, 0.3) is 0 Å². The Morgan fingerprint density at radius 1 is 1.08 bits per heavy atom. The summed E-state index contributed by atoms with van der Waals surface area (Å²) in [4.78, 5) is 19.7. The first kappa shape index (κ1) is 18.1. The Kier molecular flexibility index (Phi) is 5.65. The summed E-state index contributed by atoms with van der Waals surface area (Å²) in [5.41, 5.74) is 1.48. The monoisotopic (exact) mass is 367 g/mol. The molecule has 1 heterocycles. The number of benzene rings is 2. The maximum absolute atomic E-state index is 12.5. The van der Waals surface area contributed by atoms with Gasteiger partial charge in [-0.05, 0) is 57.4 Å². The minimum absolute atomic E-state index is 0.137. The molecule has 134 valence electrons. The lowest BCUT2D eigenvalue weighted by molar-refractivity contribution is 0.103. The number of aromatic nitrogens is 1. The second-order valence-corrected chi connectivity index (χ2v) is 7.24. The van der Waals surface area contributed by atoms with E-state index in [4.69, 9.17) is 4.74 Å². The van der Waals surface area contributed by atoms with Crippen LogP contribution in [0.4, 0.5) is 5.69 Å². The molecule has 0 saturated heterocycles. The van der Waals surface area contributed by atoms with Crippen LogP contribution in [-0.2, 0) is 6.54 Å². The molecule has 0 fully saturated rings. The standard InChI is InChI=1S/C20H21N3O2S/c1-14-19(26-18(21-14)13-23(2)3)20(24)22-15-9-11-17(12-10-15)25-16-7-5-4-6-8-16/h4-12H,13H2,1-3H3,(H,22,24). The molecule has 1 amide bonds. The van der Waals surface area contributed by atoms with Gasteiger partial charge < -0.3 is 15.0 Å². The van der Waals surface area contributed by atoms with E-state index in [1.54, 1.807) is 0 Å². The summed E-state index contributed by atoms with van der Waals surface area (Å²) < 4.78 is 5.76. The van der Waals surface area contributed by atoms with Crippen LogP contribution in [0.2, 0.25) is 0 Å². The van der Waals surface area contributed by atoms with Crippen molar-refractivity contribution in [1.82, 2.24) is 9.88 Å². The van der Waals surface area contributed by atoms with Crippen molar-refractivity contribution in [2.45, 2.75) is 13.5 Å². The van der Waals surface area contributed by atoms with Gasteiger partial charge in [-0.15, -0.1) is 11.3 Å².